The van der Waals surface area contributed by atoms with Crippen LogP contribution in [0.4, 0.5) is 0 Å². The maximum atomic E-state index is 8.58. The van der Waals surface area contributed by atoms with Gasteiger partial charge in [-0.15, -0.1) is 0 Å². The molecule has 1 rings (SSSR count). The van der Waals surface area contributed by atoms with Gasteiger partial charge in [-0.05, 0) is 39.2 Å². The van der Waals surface area contributed by atoms with Crippen molar-refractivity contribution < 1.29 is 9.53 Å². The van der Waals surface area contributed by atoms with E-state index in [4.69, 9.17) is 14.9 Å². The highest BCUT2D eigenvalue weighted by Crippen LogP contribution is 2.75. The number of thiol groups is 1. The Labute approximate surface area is 269 Å². The molecule has 0 aromatic carbocycles. The molecule has 3 N–H and O–H groups in total. The third-order valence-corrected chi connectivity index (χ3v) is 16.1. The first kappa shape index (κ1) is 43.8. The average Bonchev–Trinajstić information content (AvgIpc) is 2.98. The molecule has 248 valence electrons. The second kappa shape index (κ2) is 33.6. The molecule has 0 spiro atoms. The van der Waals surface area contributed by atoms with E-state index in [1.807, 2.05) is 6.92 Å². The van der Waals surface area contributed by atoms with Crippen molar-refractivity contribution >= 4 is 45.9 Å². The van der Waals surface area contributed by atoms with E-state index in [0.717, 1.165) is 39.5 Å². The summed E-state index contributed by atoms with van der Waals surface area (Å²) in [5, 5.41) is 7.97. The molecule has 0 aromatic rings. The lowest BCUT2D eigenvalue weighted by Crippen LogP contribution is -2.21. The van der Waals surface area contributed by atoms with Crippen molar-refractivity contribution in [1.82, 2.24) is 0 Å². The number of carbonyl (C=O) groups is 1. The van der Waals surface area contributed by atoms with E-state index in [2.05, 4.69) is 56.5 Å². The molecule has 0 aromatic heterocycles. The third-order valence-electron chi connectivity index (χ3n) is 7.84. The summed E-state index contributed by atoms with van der Waals surface area (Å²) in [6.45, 7) is 10.8. The average molecular weight is 647 g/mol. The van der Waals surface area contributed by atoms with Crippen LogP contribution in [0.5, 0.6) is 0 Å². The van der Waals surface area contributed by atoms with Crippen LogP contribution in [0, 0.1) is 5.41 Å². The van der Waals surface area contributed by atoms with Crippen molar-refractivity contribution in [3.05, 3.63) is 11.6 Å². The predicted molar refractivity (Wildman–Crippen MR) is 199 cm³/mol. The number of unbranched alkanes of at least 4 members (excludes halogenated alkanes) is 17. The fourth-order valence-corrected chi connectivity index (χ4v) is 11.1. The molecular weight excluding hydrogens is 576 g/mol. The van der Waals surface area contributed by atoms with Gasteiger partial charge in [-0.25, -0.2) is 4.40 Å². The van der Waals surface area contributed by atoms with Gasteiger partial charge in [0.15, 0.2) is 6.35 Å². The minimum atomic E-state index is -1.10. The molecule has 5 nitrogen and oxygen atoms in total. The largest absolute Gasteiger partial charge is 0.372 e. The fourth-order valence-electron chi connectivity index (χ4n) is 5.19. The van der Waals surface area contributed by atoms with Crippen molar-refractivity contribution in [2.45, 2.75) is 156 Å². The Bertz CT molecular complexity index is 688. The summed E-state index contributed by atoms with van der Waals surface area (Å²) >= 11 is 4.11. The molecule has 1 amide bonds. The highest BCUT2D eigenvalue weighted by Gasteiger charge is 2.40. The molecule has 0 saturated heterocycles. The van der Waals surface area contributed by atoms with Crippen molar-refractivity contribution in [1.29, 1.82) is 5.41 Å². The van der Waals surface area contributed by atoms with Crippen LogP contribution >= 0.6 is 28.0 Å². The van der Waals surface area contributed by atoms with Crippen molar-refractivity contribution in [3.8, 4) is 0 Å². The number of ether oxygens (including phenoxy) is 1. The van der Waals surface area contributed by atoms with E-state index in [-0.39, 0.29) is 6.41 Å². The molecule has 0 saturated carbocycles. The highest BCUT2D eigenvalue weighted by atomic mass is 32.1. The zero-order valence-corrected chi connectivity index (χ0v) is 31.1. The van der Waals surface area contributed by atoms with Crippen LogP contribution < -0.4 is 5.73 Å². The maximum absolute atomic E-state index is 8.58. The summed E-state index contributed by atoms with van der Waals surface area (Å²) in [4.78, 5) is 8.58. The molecule has 1 heterocycles. The lowest BCUT2D eigenvalue weighted by molar-refractivity contribution is -0.106. The number of allylic oxidation sites excluding steroid dienone is 2. The van der Waals surface area contributed by atoms with Crippen LogP contribution in [0.1, 0.15) is 156 Å². The number of hydrogen-bond donors (Lipinski definition) is 3. The number of nitrogens with one attached hydrogen (secondary N) is 1. The van der Waals surface area contributed by atoms with Gasteiger partial charge in [0.05, 0.1) is 37.3 Å². The third kappa shape index (κ3) is 26.2. The quantitative estimate of drug-likeness (QED) is 0.0320. The first-order chi connectivity index (χ1) is 20.4. The van der Waals surface area contributed by atoms with Crippen molar-refractivity contribution in [2.24, 2.45) is 10.1 Å². The summed E-state index contributed by atoms with van der Waals surface area (Å²) in [5.74, 6) is 0. The molecule has 1 aliphatic heterocycles. The molecule has 2 unspecified atom stereocenters. The number of carbonyl (C=O) groups excluding carboxylic acids is 1. The molecule has 1 aliphatic rings. The first-order valence-electron chi connectivity index (χ1n) is 17.2. The summed E-state index contributed by atoms with van der Waals surface area (Å²) in [5.41, 5.74) is 6.71. The lowest BCUT2D eigenvalue weighted by atomic mass is 10.0. The predicted octanol–water partition coefficient (Wildman–Crippen LogP) is 11.4. The number of nitrogens with zero attached hydrogens (tertiary/aromatic N) is 1. The smallest absolute Gasteiger partial charge is 0.204 e. The van der Waals surface area contributed by atoms with Crippen molar-refractivity contribution in [2.75, 3.05) is 31.9 Å². The molecular formula is C34H70N3O2P2S+. The van der Waals surface area contributed by atoms with E-state index in [0.29, 0.717) is 5.71 Å². The lowest BCUT2D eigenvalue weighted by Gasteiger charge is -2.30. The maximum Gasteiger partial charge on any atom is 0.204 e. The number of primary amides is 1. The van der Waals surface area contributed by atoms with Gasteiger partial charge in [-0.3, -0.25) is 4.79 Å². The van der Waals surface area contributed by atoms with Crippen LogP contribution in [0.25, 0.3) is 0 Å². The SMILES string of the molecule is CCCCCCC.CCCCCCCCCCCCCCCCOC[P+]1(PC)CCC=C(/C(=N/S)C(C)=N)C1.NC=O. The molecule has 0 bridgehead atoms. The molecule has 42 heavy (non-hydrogen) atoms. The molecule has 2 atom stereocenters. The second-order valence-electron chi connectivity index (χ2n) is 11.7. The zero-order valence-electron chi connectivity index (χ0n) is 28.4. The van der Waals surface area contributed by atoms with E-state index in [1.54, 1.807) is 0 Å². The summed E-state index contributed by atoms with van der Waals surface area (Å²) in [6, 6.07) is 0. The Balaban J connectivity index is 0. The Morgan fingerprint density at radius 1 is 0.905 bits per heavy atom. The van der Waals surface area contributed by atoms with Crippen LogP contribution in [0.3, 0.4) is 0 Å². The van der Waals surface area contributed by atoms with E-state index >= 15 is 0 Å². The van der Waals surface area contributed by atoms with Crippen LogP contribution in [-0.4, -0.2) is 49.8 Å². The number of nitrogens with two attached hydrogens (primary N) is 1. The topological polar surface area (TPSA) is 88.5 Å². The molecule has 8 heteroatoms. The van der Waals surface area contributed by atoms with E-state index in [9.17, 15) is 0 Å². The highest BCUT2D eigenvalue weighted by molar-refractivity contribution is 8.31. The van der Waals surface area contributed by atoms with Gasteiger partial charge in [0, 0.05) is 13.8 Å². The van der Waals surface area contributed by atoms with Gasteiger partial charge in [0.2, 0.25) is 6.41 Å². The van der Waals surface area contributed by atoms with Crippen LogP contribution in [0.15, 0.2) is 16.0 Å². The number of rotatable bonds is 24. The van der Waals surface area contributed by atoms with Gasteiger partial charge < -0.3 is 15.9 Å². The van der Waals surface area contributed by atoms with E-state index < -0.39 is 6.95 Å². The number of amides is 1. The van der Waals surface area contributed by atoms with Crippen LogP contribution in [-0.2, 0) is 9.53 Å². The minimum Gasteiger partial charge on any atom is -0.372 e. The van der Waals surface area contributed by atoms with Crippen molar-refractivity contribution in [3.63, 3.8) is 0 Å². The summed E-state index contributed by atoms with van der Waals surface area (Å²) in [7, 11) is 0.957. The monoisotopic (exact) mass is 646 g/mol. The second-order valence-corrected chi connectivity index (χ2v) is 19.8. The normalized spacial score (nSPS) is 16.8. The van der Waals surface area contributed by atoms with E-state index in [1.165, 1.54) is 134 Å². The van der Waals surface area contributed by atoms with Gasteiger partial charge in [-0.2, -0.15) is 0 Å². The molecule has 0 radical (unpaired) electrons. The number of hydrogen-bond acceptors (Lipinski definition) is 5. The van der Waals surface area contributed by atoms with Gasteiger partial charge in [-0.1, -0.05) is 142 Å². The van der Waals surface area contributed by atoms with Crippen LogP contribution in [0.2, 0.25) is 0 Å². The Morgan fingerprint density at radius 3 is 1.69 bits per heavy atom. The van der Waals surface area contributed by atoms with Gasteiger partial charge in [0.1, 0.15) is 0 Å². The first-order valence-corrected chi connectivity index (χ1v) is 22.3. The molecule has 0 aliphatic carbocycles. The summed E-state index contributed by atoms with van der Waals surface area (Å²) < 4.78 is 10.3. The Morgan fingerprint density at radius 2 is 1.31 bits per heavy atom. The zero-order chi connectivity index (χ0) is 31.7. The fraction of sp³-hybridized carbons (Fsp3) is 0.853. The van der Waals surface area contributed by atoms with Gasteiger partial charge >= 0.3 is 0 Å². The Kier molecular flexibility index (Phi) is 35.1. The summed E-state index contributed by atoms with van der Waals surface area (Å²) in [6.07, 6.45) is 33.5. The van der Waals surface area contributed by atoms with Gasteiger partial charge in [0.25, 0.3) is 0 Å². The standard InChI is InChI=1S/C26H50N2OP2S.C7H16.CH3NO/c1-4-5-6-7-8-9-10-11-12-13-14-15-16-17-20-29-23-31(30-3)21-18-19-25(22-31)26(28-32)24(2)27;1-3-5-7-6-4-2;2-1-3/h19,27,30H,4-18,20-23H2,1-3H3;3-7H2,1-2H3;1H,(H2,2,3)/p+1/b27-24?,28-26+;;. The minimum absolute atomic E-state index is 0.250. The Hall–Kier alpha value is -0.280. The molecule has 0 fully saturated rings.